The molecule has 21 heavy (non-hydrogen) atoms. The van der Waals surface area contributed by atoms with Gasteiger partial charge in [0.05, 0.1) is 12.5 Å². The van der Waals surface area contributed by atoms with E-state index in [0.717, 1.165) is 31.5 Å². The van der Waals surface area contributed by atoms with Crippen molar-refractivity contribution < 1.29 is 4.79 Å². The van der Waals surface area contributed by atoms with Crippen LogP contribution in [0, 0.1) is 22.7 Å². The Balaban J connectivity index is 1.94. The largest absolute Gasteiger partial charge is 0.342 e. The highest BCUT2D eigenvalue weighted by Crippen LogP contribution is 2.41. The van der Waals surface area contributed by atoms with E-state index in [0.29, 0.717) is 18.8 Å². The number of hydrogen-bond acceptors (Lipinski definition) is 2. The molecule has 2 rings (SSSR count). The van der Waals surface area contributed by atoms with Crippen molar-refractivity contribution in [1.29, 1.82) is 5.26 Å². The van der Waals surface area contributed by atoms with Crippen LogP contribution >= 0.6 is 0 Å². The summed E-state index contributed by atoms with van der Waals surface area (Å²) in [6.07, 6.45) is 2.97. The number of benzene rings is 1. The molecular weight excluding hydrogens is 260 g/mol. The van der Waals surface area contributed by atoms with Gasteiger partial charge >= 0.3 is 0 Å². The number of nitriles is 1. The standard InChI is InChI=1S/C18H24N2O/c1-15(2)18(8-11-19)9-12-20(13-10-18)17(21)14-16-6-4-3-5-7-16/h3-7,15H,8-10,12-14H2,1-2H3. The summed E-state index contributed by atoms with van der Waals surface area (Å²) in [5.74, 6) is 0.694. The molecule has 0 radical (unpaired) electrons. The molecule has 0 unspecified atom stereocenters. The smallest absolute Gasteiger partial charge is 0.226 e. The zero-order valence-electron chi connectivity index (χ0n) is 13.0. The molecule has 3 heteroatoms. The number of likely N-dealkylation sites (tertiary alicyclic amines) is 1. The van der Waals surface area contributed by atoms with Crippen molar-refractivity contribution >= 4 is 5.91 Å². The van der Waals surface area contributed by atoms with Gasteiger partial charge < -0.3 is 4.90 Å². The highest BCUT2D eigenvalue weighted by molar-refractivity contribution is 5.78. The fourth-order valence-electron chi connectivity index (χ4n) is 3.20. The van der Waals surface area contributed by atoms with Gasteiger partial charge in [0.1, 0.15) is 0 Å². The summed E-state index contributed by atoms with van der Waals surface area (Å²) < 4.78 is 0. The number of amides is 1. The molecule has 0 bridgehead atoms. The van der Waals surface area contributed by atoms with Gasteiger partial charge in [0.15, 0.2) is 0 Å². The summed E-state index contributed by atoms with van der Waals surface area (Å²) in [5, 5.41) is 9.07. The molecule has 0 spiro atoms. The zero-order chi connectivity index (χ0) is 15.3. The predicted molar refractivity (Wildman–Crippen MR) is 83.5 cm³/mol. The van der Waals surface area contributed by atoms with Gasteiger partial charge in [-0.1, -0.05) is 44.2 Å². The number of carbonyl (C=O) groups excluding carboxylic acids is 1. The van der Waals surface area contributed by atoms with Crippen molar-refractivity contribution in [2.75, 3.05) is 13.1 Å². The van der Waals surface area contributed by atoms with Crippen molar-refractivity contribution in [2.45, 2.75) is 39.5 Å². The second-order valence-corrected chi connectivity index (χ2v) is 6.40. The van der Waals surface area contributed by atoms with Gasteiger partial charge in [-0.25, -0.2) is 0 Å². The zero-order valence-corrected chi connectivity index (χ0v) is 13.0. The van der Waals surface area contributed by atoms with E-state index in [-0.39, 0.29) is 11.3 Å². The first kappa shape index (κ1) is 15.6. The van der Waals surface area contributed by atoms with Crippen LogP contribution in [0.2, 0.25) is 0 Å². The molecule has 1 aliphatic heterocycles. The lowest BCUT2D eigenvalue weighted by Gasteiger charge is -2.43. The van der Waals surface area contributed by atoms with Crippen LogP contribution in [0.25, 0.3) is 0 Å². The summed E-state index contributed by atoms with van der Waals surface area (Å²) in [6, 6.07) is 12.2. The number of rotatable bonds is 4. The maximum atomic E-state index is 12.4. The van der Waals surface area contributed by atoms with Crippen LogP contribution in [-0.4, -0.2) is 23.9 Å². The molecule has 0 aromatic heterocycles. The monoisotopic (exact) mass is 284 g/mol. The molecule has 112 valence electrons. The third kappa shape index (κ3) is 3.64. The first-order valence-electron chi connectivity index (χ1n) is 7.76. The van der Waals surface area contributed by atoms with Crippen LogP contribution in [0.15, 0.2) is 30.3 Å². The molecule has 0 saturated carbocycles. The molecule has 1 aromatic rings. The maximum Gasteiger partial charge on any atom is 0.226 e. The number of carbonyl (C=O) groups is 1. The van der Waals surface area contributed by atoms with Crippen LogP contribution in [0.3, 0.4) is 0 Å². The molecule has 1 heterocycles. The normalized spacial score (nSPS) is 17.5. The van der Waals surface area contributed by atoms with Crippen LogP contribution in [0.5, 0.6) is 0 Å². The SMILES string of the molecule is CC(C)C1(CC#N)CCN(C(=O)Cc2ccccc2)CC1. The number of nitrogens with zero attached hydrogens (tertiary/aromatic N) is 2. The minimum absolute atomic E-state index is 0.0955. The van der Waals surface area contributed by atoms with Crippen molar-refractivity contribution in [3.05, 3.63) is 35.9 Å². The molecule has 3 nitrogen and oxygen atoms in total. The Labute approximate surface area is 127 Å². The van der Waals surface area contributed by atoms with Gasteiger partial charge in [0.2, 0.25) is 5.91 Å². The second-order valence-electron chi connectivity index (χ2n) is 6.40. The Bertz CT molecular complexity index is 508. The van der Waals surface area contributed by atoms with Gasteiger partial charge in [0, 0.05) is 19.5 Å². The topological polar surface area (TPSA) is 44.1 Å². The van der Waals surface area contributed by atoms with Crippen LogP contribution in [0.1, 0.15) is 38.7 Å². The van der Waals surface area contributed by atoms with Crippen molar-refractivity contribution in [2.24, 2.45) is 11.3 Å². The Morgan fingerprint density at radius 1 is 1.29 bits per heavy atom. The van der Waals surface area contributed by atoms with Gasteiger partial charge in [-0.2, -0.15) is 5.26 Å². The number of hydrogen-bond donors (Lipinski definition) is 0. The second kappa shape index (κ2) is 6.76. The van der Waals surface area contributed by atoms with E-state index >= 15 is 0 Å². The Kier molecular flexibility index (Phi) is 5.01. The average molecular weight is 284 g/mol. The Morgan fingerprint density at radius 2 is 1.90 bits per heavy atom. The molecule has 1 saturated heterocycles. The molecule has 1 aliphatic rings. The average Bonchev–Trinajstić information content (AvgIpc) is 2.49. The fourth-order valence-corrected chi connectivity index (χ4v) is 3.20. The van der Waals surface area contributed by atoms with E-state index in [1.807, 2.05) is 35.2 Å². The summed E-state index contributed by atoms with van der Waals surface area (Å²) in [5.41, 5.74) is 1.17. The first-order chi connectivity index (χ1) is 10.1. The van der Waals surface area contributed by atoms with E-state index in [4.69, 9.17) is 5.26 Å². The summed E-state index contributed by atoms with van der Waals surface area (Å²) in [7, 11) is 0. The van der Waals surface area contributed by atoms with E-state index in [1.165, 1.54) is 0 Å². The fraction of sp³-hybridized carbons (Fsp3) is 0.556. The molecule has 0 aliphatic carbocycles. The van der Waals surface area contributed by atoms with E-state index in [2.05, 4.69) is 19.9 Å². The molecule has 0 N–H and O–H groups in total. The van der Waals surface area contributed by atoms with E-state index in [9.17, 15) is 4.79 Å². The van der Waals surface area contributed by atoms with Crippen molar-refractivity contribution in [3.63, 3.8) is 0 Å². The Morgan fingerprint density at radius 3 is 2.43 bits per heavy atom. The van der Waals surface area contributed by atoms with E-state index in [1.54, 1.807) is 0 Å². The van der Waals surface area contributed by atoms with Gasteiger partial charge in [-0.3, -0.25) is 4.79 Å². The molecule has 1 amide bonds. The van der Waals surface area contributed by atoms with Crippen molar-refractivity contribution in [3.8, 4) is 6.07 Å². The molecular formula is C18H24N2O. The van der Waals surface area contributed by atoms with Crippen molar-refractivity contribution in [1.82, 2.24) is 4.90 Å². The number of piperidine rings is 1. The quantitative estimate of drug-likeness (QED) is 0.850. The molecule has 1 fully saturated rings. The lowest BCUT2D eigenvalue weighted by atomic mass is 9.68. The molecule has 1 aromatic carbocycles. The lowest BCUT2D eigenvalue weighted by Crippen LogP contribution is -2.45. The third-order valence-corrected chi connectivity index (χ3v) is 4.97. The summed E-state index contributed by atoms with van der Waals surface area (Å²) >= 11 is 0. The van der Waals surface area contributed by atoms with Crippen LogP contribution < -0.4 is 0 Å². The summed E-state index contributed by atoms with van der Waals surface area (Å²) in [4.78, 5) is 14.3. The summed E-state index contributed by atoms with van der Waals surface area (Å²) in [6.45, 7) is 5.95. The maximum absolute atomic E-state index is 12.4. The highest BCUT2D eigenvalue weighted by atomic mass is 16.2. The first-order valence-corrected chi connectivity index (χ1v) is 7.76. The van der Waals surface area contributed by atoms with Crippen LogP contribution in [-0.2, 0) is 11.2 Å². The predicted octanol–water partition coefficient (Wildman–Crippen LogP) is 3.41. The van der Waals surface area contributed by atoms with Gasteiger partial charge in [-0.05, 0) is 29.7 Å². The lowest BCUT2D eigenvalue weighted by molar-refractivity contribution is -0.133. The third-order valence-electron chi connectivity index (χ3n) is 4.97. The molecule has 0 atom stereocenters. The van der Waals surface area contributed by atoms with Crippen LogP contribution in [0.4, 0.5) is 0 Å². The minimum Gasteiger partial charge on any atom is -0.342 e. The van der Waals surface area contributed by atoms with Gasteiger partial charge in [0.25, 0.3) is 0 Å². The van der Waals surface area contributed by atoms with E-state index < -0.39 is 0 Å². The Hall–Kier alpha value is -1.82. The van der Waals surface area contributed by atoms with Gasteiger partial charge in [-0.15, -0.1) is 0 Å². The minimum atomic E-state index is 0.0955. The highest BCUT2D eigenvalue weighted by Gasteiger charge is 2.38.